The molecular formula is C10H9NO3. The number of aromatic nitrogens is 1. The highest BCUT2D eigenvalue weighted by Crippen LogP contribution is 1.97. The number of hydrogen-bond donors (Lipinski definition) is 1. The number of terminal acetylenes is 1. The first-order valence-corrected chi connectivity index (χ1v) is 4.03. The third-order valence-electron chi connectivity index (χ3n) is 1.75. The maximum absolute atomic E-state index is 11.3. The first-order valence-electron chi connectivity index (χ1n) is 4.03. The first-order chi connectivity index (χ1) is 6.66. The van der Waals surface area contributed by atoms with Crippen molar-refractivity contribution < 1.29 is 9.90 Å². The Morgan fingerprint density at radius 3 is 2.86 bits per heavy atom. The van der Waals surface area contributed by atoms with Gasteiger partial charge in [-0.05, 0) is 6.07 Å². The van der Waals surface area contributed by atoms with E-state index in [0.29, 0.717) is 6.42 Å². The van der Waals surface area contributed by atoms with Crippen molar-refractivity contribution in [2.24, 2.45) is 0 Å². The van der Waals surface area contributed by atoms with E-state index in [2.05, 4.69) is 5.92 Å². The molecule has 1 aromatic heterocycles. The highest BCUT2D eigenvalue weighted by Gasteiger charge is 2.08. The average molecular weight is 191 g/mol. The molecule has 0 spiro atoms. The molecule has 0 aromatic carbocycles. The summed E-state index contributed by atoms with van der Waals surface area (Å²) < 4.78 is 1.15. The second-order valence-corrected chi connectivity index (χ2v) is 2.66. The lowest BCUT2D eigenvalue weighted by Crippen LogP contribution is -2.24. The lowest BCUT2D eigenvalue weighted by Gasteiger charge is -2.06. The van der Waals surface area contributed by atoms with E-state index in [1.54, 1.807) is 0 Å². The van der Waals surface area contributed by atoms with Gasteiger partial charge in [-0.1, -0.05) is 6.07 Å². The molecule has 0 radical (unpaired) electrons. The third kappa shape index (κ3) is 2.02. The van der Waals surface area contributed by atoms with E-state index >= 15 is 0 Å². The van der Waals surface area contributed by atoms with Crippen molar-refractivity contribution in [2.45, 2.75) is 13.0 Å². The highest BCUT2D eigenvalue weighted by atomic mass is 16.4. The molecule has 0 fully saturated rings. The van der Waals surface area contributed by atoms with Crippen LogP contribution in [0.15, 0.2) is 23.0 Å². The Hall–Kier alpha value is -2.02. The molecular weight excluding hydrogens is 182 g/mol. The van der Waals surface area contributed by atoms with Gasteiger partial charge in [-0.3, -0.25) is 4.79 Å². The lowest BCUT2D eigenvalue weighted by atomic mass is 10.3. The highest BCUT2D eigenvalue weighted by molar-refractivity contribution is 5.85. The number of rotatable bonds is 3. The molecule has 0 aliphatic carbocycles. The van der Waals surface area contributed by atoms with Gasteiger partial charge in [0.1, 0.15) is 5.69 Å². The van der Waals surface area contributed by atoms with Gasteiger partial charge in [-0.25, -0.2) is 4.79 Å². The number of nitrogens with zero attached hydrogens (tertiary/aromatic N) is 1. The molecule has 0 saturated carbocycles. The Morgan fingerprint density at radius 1 is 1.57 bits per heavy atom. The fraction of sp³-hybridized carbons (Fsp3) is 0.200. The minimum atomic E-state index is -1.13. The second-order valence-electron chi connectivity index (χ2n) is 2.66. The minimum absolute atomic E-state index is 0.0345. The fourth-order valence-electron chi connectivity index (χ4n) is 1.11. The summed E-state index contributed by atoms with van der Waals surface area (Å²) in [7, 11) is 0. The van der Waals surface area contributed by atoms with E-state index in [1.165, 1.54) is 18.2 Å². The average Bonchev–Trinajstić information content (AvgIpc) is 2.15. The summed E-state index contributed by atoms with van der Waals surface area (Å²) in [5.41, 5.74) is -0.382. The Balaban J connectivity index is 3.17. The minimum Gasteiger partial charge on any atom is -0.477 e. The van der Waals surface area contributed by atoms with Crippen molar-refractivity contribution in [2.75, 3.05) is 0 Å². The van der Waals surface area contributed by atoms with Crippen LogP contribution in [0.2, 0.25) is 0 Å². The standard InChI is InChI=1S/C10H9NO3/c1-2-3-7-11-8(10(13)14)5-4-6-9(11)12/h1,4-6H,3,7H2,(H,13,14). The molecule has 0 unspecified atom stereocenters. The lowest BCUT2D eigenvalue weighted by molar-refractivity contribution is 0.0683. The van der Waals surface area contributed by atoms with Crippen molar-refractivity contribution in [3.8, 4) is 12.3 Å². The largest absolute Gasteiger partial charge is 0.477 e. The zero-order valence-electron chi connectivity index (χ0n) is 7.43. The van der Waals surface area contributed by atoms with Crippen LogP contribution in [0.4, 0.5) is 0 Å². The second kappa shape index (κ2) is 4.28. The van der Waals surface area contributed by atoms with E-state index in [4.69, 9.17) is 11.5 Å². The van der Waals surface area contributed by atoms with Crippen molar-refractivity contribution in [1.29, 1.82) is 0 Å². The van der Waals surface area contributed by atoms with Crippen LogP contribution in [0.1, 0.15) is 16.9 Å². The fourth-order valence-corrected chi connectivity index (χ4v) is 1.11. The van der Waals surface area contributed by atoms with Crippen LogP contribution in [0.3, 0.4) is 0 Å². The molecule has 0 saturated heterocycles. The van der Waals surface area contributed by atoms with Crippen LogP contribution in [0.25, 0.3) is 0 Å². The quantitative estimate of drug-likeness (QED) is 0.710. The van der Waals surface area contributed by atoms with E-state index in [9.17, 15) is 9.59 Å². The monoisotopic (exact) mass is 191 g/mol. The summed E-state index contributed by atoms with van der Waals surface area (Å²) in [5.74, 6) is 1.23. The van der Waals surface area contributed by atoms with Gasteiger partial charge in [-0.2, -0.15) is 0 Å². The normalized spacial score (nSPS) is 9.36. The summed E-state index contributed by atoms with van der Waals surface area (Å²) in [4.78, 5) is 22.0. The molecule has 14 heavy (non-hydrogen) atoms. The molecule has 1 rings (SSSR count). The van der Waals surface area contributed by atoms with Crippen molar-refractivity contribution >= 4 is 5.97 Å². The maximum atomic E-state index is 11.3. The molecule has 1 aromatic rings. The van der Waals surface area contributed by atoms with Gasteiger partial charge in [0.05, 0.1) is 0 Å². The predicted octanol–water partition coefficient (Wildman–Crippen LogP) is 0.570. The number of hydrogen-bond acceptors (Lipinski definition) is 2. The summed E-state index contributed by atoms with van der Waals surface area (Å²) >= 11 is 0. The molecule has 72 valence electrons. The van der Waals surface area contributed by atoms with Crippen LogP contribution in [0.5, 0.6) is 0 Å². The maximum Gasteiger partial charge on any atom is 0.352 e. The zero-order valence-corrected chi connectivity index (χ0v) is 7.43. The van der Waals surface area contributed by atoms with Crippen LogP contribution in [-0.4, -0.2) is 15.6 Å². The number of carboxylic acids is 1. The molecule has 1 heterocycles. The van der Waals surface area contributed by atoms with Crippen LogP contribution >= 0.6 is 0 Å². The number of pyridine rings is 1. The van der Waals surface area contributed by atoms with Gasteiger partial charge >= 0.3 is 5.97 Å². The summed E-state index contributed by atoms with van der Waals surface area (Å²) in [6, 6.07) is 4.10. The van der Waals surface area contributed by atoms with Crippen LogP contribution in [-0.2, 0) is 6.54 Å². The van der Waals surface area contributed by atoms with Crippen LogP contribution in [0, 0.1) is 12.3 Å². The number of carboxylic acid groups (broad SMARTS) is 1. The molecule has 4 nitrogen and oxygen atoms in total. The Morgan fingerprint density at radius 2 is 2.29 bits per heavy atom. The molecule has 0 bridgehead atoms. The van der Waals surface area contributed by atoms with Gasteiger partial charge in [0.25, 0.3) is 5.56 Å². The molecule has 4 heteroatoms. The summed E-state index contributed by atoms with van der Waals surface area (Å²) in [5, 5.41) is 8.78. The SMILES string of the molecule is C#CCCn1c(C(=O)O)cccc1=O. The Kier molecular flexibility index (Phi) is 3.08. The zero-order chi connectivity index (χ0) is 10.6. The Labute approximate surface area is 80.8 Å². The van der Waals surface area contributed by atoms with E-state index in [0.717, 1.165) is 4.57 Å². The number of carbonyl (C=O) groups is 1. The van der Waals surface area contributed by atoms with Gasteiger partial charge < -0.3 is 9.67 Å². The first kappa shape index (κ1) is 10.1. The summed E-state index contributed by atoms with van der Waals surface area (Å²) in [6.07, 6.45) is 5.38. The van der Waals surface area contributed by atoms with Crippen molar-refractivity contribution in [3.63, 3.8) is 0 Å². The van der Waals surface area contributed by atoms with Gasteiger partial charge in [0, 0.05) is 19.0 Å². The Bertz CT molecular complexity index is 439. The smallest absolute Gasteiger partial charge is 0.352 e. The topological polar surface area (TPSA) is 59.3 Å². The molecule has 0 aliphatic rings. The van der Waals surface area contributed by atoms with Gasteiger partial charge in [0.15, 0.2) is 0 Å². The van der Waals surface area contributed by atoms with Crippen molar-refractivity contribution in [1.82, 2.24) is 4.57 Å². The molecule has 0 amide bonds. The van der Waals surface area contributed by atoms with Crippen LogP contribution < -0.4 is 5.56 Å². The third-order valence-corrected chi connectivity index (χ3v) is 1.75. The van der Waals surface area contributed by atoms with Crippen molar-refractivity contribution in [3.05, 3.63) is 34.2 Å². The van der Waals surface area contributed by atoms with Gasteiger partial charge in [-0.15, -0.1) is 12.3 Å². The molecule has 0 atom stereocenters. The predicted molar refractivity (Wildman–Crippen MR) is 51.1 cm³/mol. The van der Waals surface area contributed by atoms with E-state index in [-0.39, 0.29) is 17.8 Å². The van der Waals surface area contributed by atoms with E-state index in [1.807, 2.05) is 0 Å². The van der Waals surface area contributed by atoms with Gasteiger partial charge in [0.2, 0.25) is 0 Å². The number of aromatic carboxylic acids is 1. The van der Waals surface area contributed by atoms with E-state index < -0.39 is 5.97 Å². The molecule has 1 N–H and O–H groups in total. The molecule has 0 aliphatic heterocycles. The summed E-state index contributed by atoms with van der Waals surface area (Å²) in [6.45, 7) is 0.234.